The molecule has 1 N–H and O–H groups in total. The number of benzene rings is 1. The fourth-order valence-corrected chi connectivity index (χ4v) is 3.74. The number of thiazole rings is 1. The van der Waals surface area contributed by atoms with E-state index in [1.807, 2.05) is 24.3 Å². The van der Waals surface area contributed by atoms with E-state index in [0.29, 0.717) is 18.1 Å². The lowest BCUT2D eigenvalue weighted by Crippen LogP contribution is -2.31. The van der Waals surface area contributed by atoms with Crippen molar-refractivity contribution in [2.45, 2.75) is 16.9 Å². The number of rotatable bonds is 5. The topological polar surface area (TPSA) is 68.7 Å². The number of aliphatic carboxylic acids is 1. The molecule has 1 aromatic heterocycles. The summed E-state index contributed by atoms with van der Waals surface area (Å²) in [6.07, 6.45) is -0.0651. The van der Waals surface area contributed by atoms with E-state index in [9.17, 15) is 4.79 Å². The Kier molecular flexibility index (Phi) is 4.31. The highest BCUT2D eigenvalue weighted by molar-refractivity contribution is 8.01. The summed E-state index contributed by atoms with van der Waals surface area (Å²) >= 11 is 3.02. The third-order valence-corrected chi connectivity index (χ3v) is 5.03. The lowest BCUT2D eigenvalue weighted by atomic mass is 10.3. The van der Waals surface area contributed by atoms with E-state index in [-0.39, 0.29) is 12.5 Å². The molecule has 2 heterocycles. The second-order valence-electron chi connectivity index (χ2n) is 4.48. The number of para-hydroxylation sites is 2. The van der Waals surface area contributed by atoms with Crippen LogP contribution in [-0.2, 0) is 11.2 Å². The number of carboxylic acid groups (broad SMARTS) is 1. The number of ether oxygens (including phenoxy) is 2. The van der Waals surface area contributed by atoms with Crippen molar-refractivity contribution in [2.24, 2.45) is 0 Å². The first-order valence-electron chi connectivity index (χ1n) is 6.38. The normalized spacial score (nSPS) is 16.7. The van der Waals surface area contributed by atoms with E-state index in [1.54, 1.807) is 17.1 Å². The summed E-state index contributed by atoms with van der Waals surface area (Å²) in [7, 11) is 0. The van der Waals surface area contributed by atoms with E-state index < -0.39 is 5.97 Å². The molecule has 0 bridgehead atoms. The minimum absolute atomic E-state index is 0.0308. The van der Waals surface area contributed by atoms with Crippen LogP contribution in [0.3, 0.4) is 0 Å². The van der Waals surface area contributed by atoms with Crippen molar-refractivity contribution < 1.29 is 19.4 Å². The van der Waals surface area contributed by atoms with Crippen LogP contribution < -0.4 is 9.47 Å². The molecule has 0 amide bonds. The molecule has 21 heavy (non-hydrogen) atoms. The van der Waals surface area contributed by atoms with Gasteiger partial charge in [-0.15, -0.1) is 11.3 Å². The maximum Gasteiger partial charge on any atom is 0.309 e. The van der Waals surface area contributed by atoms with Crippen LogP contribution in [-0.4, -0.2) is 34.5 Å². The van der Waals surface area contributed by atoms with Gasteiger partial charge in [-0.25, -0.2) is 4.98 Å². The summed E-state index contributed by atoms with van der Waals surface area (Å²) in [5.41, 5.74) is 0.598. The van der Waals surface area contributed by atoms with Gasteiger partial charge in [0.2, 0.25) is 0 Å². The van der Waals surface area contributed by atoms with Crippen LogP contribution in [0.1, 0.15) is 5.69 Å². The zero-order chi connectivity index (χ0) is 14.7. The molecule has 0 aliphatic carbocycles. The van der Waals surface area contributed by atoms with Crippen LogP contribution in [0.5, 0.6) is 11.5 Å². The summed E-state index contributed by atoms with van der Waals surface area (Å²) in [4.78, 5) is 14.9. The molecular weight excluding hydrogens is 310 g/mol. The lowest BCUT2D eigenvalue weighted by molar-refractivity contribution is -0.136. The molecule has 2 aromatic rings. The Morgan fingerprint density at radius 1 is 1.43 bits per heavy atom. The van der Waals surface area contributed by atoms with Gasteiger partial charge in [-0.1, -0.05) is 23.9 Å². The molecule has 0 radical (unpaired) electrons. The van der Waals surface area contributed by atoms with Crippen molar-refractivity contribution >= 4 is 29.1 Å². The highest BCUT2D eigenvalue weighted by Gasteiger charge is 2.21. The number of carbonyl (C=O) groups is 1. The third kappa shape index (κ3) is 3.68. The zero-order valence-corrected chi connectivity index (χ0v) is 12.7. The first-order chi connectivity index (χ1) is 10.2. The van der Waals surface area contributed by atoms with E-state index in [0.717, 1.165) is 15.8 Å². The number of carboxylic acids is 1. The largest absolute Gasteiger partial charge is 0.486 e. The van der Waals surface area contributed by atoms with Crippen LogP contribution in [0.2, 0.25) is 0 Å². The van der Waals surface area contributed by atoms with Crippen molar-refractivity contribution in [1.82, 2.24) is 4.98 Å². The first kappa shape index (κ1) is 14.2. The summed E-state index contributed by atoms with van der Waals surface area (Å²) in [6, 6.07) is 7.60. The minimum atomic E-state index is -0.863. The quantitative estimate of drug-likeness (QED) is 0.853. The van der Waals surface area contributed by atoms with E-state index in [1.165, 1.54) is 11.3 Å². The van der Waals surface area contributed by atoms with Gasteiger partial charge in [-0.05, 0) is 12.1 Å². The number of hydrogen-bond donors (Lipinski definition) is 1. The van der Waals surface area contributed by atoms with E-state index >= 15 is 0 Å². The molecule has 5 nitrogen and oxygen atoms in total. The molecule has 0 fully saturated rings. The maximum absolute atomic E-state index is 10.6. The number of nitrogens with zero attached hydrogens (tertiary/aromatic N) is 1. The Bertz CT molecular complexity index is 643. The smallest absolute Gasteiger partial charge is 0.309 e. The summed E-state index contributed by atoms with van der Waals surface area (Å²) in [6.45, 7) is 0.511. The Morgan fingerprint density at radius 2 is 2.24 bits per heavy atom. The lowest BCUT2D eigenvalue weighted by Gasteiger charge is -2.25. The SMILES string of the molecule is O=C(O)Cc1csc(SCC2COc3ccccc3O2)n1. The van der Waals surface area contributed by atoms with E-state index in [2.05, 4.69) is 4.98 Å². The predicted molar refractivity (Wildman–Crippen MR) is 80.5 cm³/mol. The second kappa shape index (κ2) is 6.36. The van der Waals surface area contributed by atoms with Crippen LogP contribution in [0.4, 0.5) is 0 Å². The van der Waals surface area contributed by atoms with Crippen molar-refractivity contribution in [1.29, 1.82) is 0 Å². The molecule has 1 aliphatic rings. The molecule has 0 spiro atoms. The first-order valence-corrected chi connectivity index (χ1v) is 8.25. The highest BCUT2D eigenvalue weighted by atomic mass is 32.2. The number of aromatic nitrogens is 1. The van der Waals surface area contributed by atoms with Gasteiger partial charge in [0.1, 0.15) is 17.1 Å². The second-order valence-corrected chi connectivity index (χ2v) is 6.61. The minimum Gasteiger partial charge on any atom is -0.486 e. The molecule has 1 aliphatic heterocycles. The molecule has 0 saturated carbocycles. The summed E-state index contributed by atoms with van der Waals surface area (Å²) in [5, 5.41) is 10.5. The molecule has 1 aromatic carbocycles. The van der Waals surface area contributed by atoms with Crippen molar-refractivity contribution in [3.63, 3.8) is 0 Å². The molecule has 0 saturated heterocycles. The van der Waals surface area contributed by atoms with Crippen LogP contribution in [0, 0.1) is 0 Å². The average Bonchev–Trinajstić information content (AvgIpc) is 2.91. The molecular formula is C14H13NO4S2. The highest BCUT2D eigenvalue weighted by Crippen LogP contribution is 2.33. The van der Waals surface area contributed by atoms with Crippen LogP contribution in [0.25, 0.3) is 0 Å². The molecule has 3 rings (SSSR count). The number of thioether (sulfide) groups is 1. The Morgan fingerprint density at radius 3 is 3.05 bits per heavy atom. The van der Waals surface area contributed by atoms with Gasteiger partial charge in [0.25, 0.3) is 0 Å². The molecule has 1 atom stereocenters. The Labute approximate surface area is 129 Å². The molecule has 110 valence electrons. The predicted octanol–water partition coefficient (Wildman–Crippen LogP) is 2.70. The van der Waals surface area contributed by atoms with Gasteiger partial charge < -0.3 is 14.6 Å². The third-order valence-electron chi connectivity index (χ3n) is 2.82. The standard InChI is InChI=1S/C14H13NO4S2/c16-13(17)5-9-7-20-14(15-9)21-8-10-6-18-11-3-1-2-4-12(11)19-10/h1-4,7,10H,5-6,8H2,(H,16,17). The van der Waals surface area contributed by atoms with Crippen molar-refractivity contribution in [3.8, 4) is 11.5 Å². The number of fused-ring (bicyclic) bond motifs is 1. The maximum atomic E-state index is 10.6. The Balaban J connectivity index is 1.54. The number of hydrogen-bond acceptors (Lipinski definition) is 6. The van der Waals surface area contributed by atoms with Crippen molar-refractivity contribution in [3.05, 3.63) is 35.3 Å². The van der Waals surface area contributed by atoms with E-state index in [4.69, 9.17) is 14.6 Å². The fraction of sp³-hybridized carbons (Fsp3) is 0.286. The van der Waals surface area contributed by atoms with Gasteiger partial charge in [0.05, 0.1) is 12.1 Å². The van der Waals surface area contributed by atoms with Gasteiger partial charge in [-0.3, -0.25) is 4.79 Å². The van der Waals surface area contributed by atoms with Crippen LogP contribution in [0.15, 0.2) is 34.0 Å². The average molecular weight is 323 g/mol. The Hall–Kier alpha value is -1.73. The summed E-state index contributed by atoms with van der Waals surface area (Å²) < 4.78 is 12.4. The van der Waals surface area contributed by atoms with Gasteiger partial charge in [0, 0.05) is 11.1 Å². The van der Waals surface area contributed by atoms with Gasteiger partial charge >= 0.3 is 5.97 Å². The fourth-order valence-electron chi connectivity index (χ4n) is 1.90. The zero-order valence-electron chi connectivity index (χ0n) is 11.0. The van der Waals surface area contributed by atoms with Gasteiger partial charge in [-0.2, -0.15) is 0 Å². The van der Waals surface area contributed by atoms with Gasteiger partial charge in [0.15, 0.2) is 11.5 Å². The molecule has 7 heteroatoms. The summed E-state index contributed by atoms with van der Waals surface area (Å²) in [5.74, 6) is 1.39. The monoisotopic (exact) mass is 323 g/mol. The van der Waals surface area contributed by atoms with Crippen LogP contribution >= 0.6 is 23.1 Å². The van der Waals surface area contributed by atoms with Crippen molar-refractivity contribution in [2.75, 3.05) is 12.4 Å². The molecule has 1 unspecified atom stereocenters.